The molecule has 0 saturated heterocycles. The van der Waals surface area contributed by atoms with Gasteiger partial charge in [0.25, 0.3) is 0 Å². The average molecular weight is 639 g/mol. The summed E-state index contributed by atoms with van der Waals surface area (Å²) in [6.07, 6.45) is 0. The molecule has 0 atom stereocenters. The van der Waals surface area contributed by atoms with Crippen molar-refractivity contribution < 1.29 is 0 Å². The first-order valence-electron chi connectivity index (χ1n) is 17.3. The van der Waals surface area contributed by atoms with E-state index in [0.29, 0.717) is 0 Å². The van der Waals surface area contributed by atoms with Crippen LogP contribution in [0.3, 0.4) is 0 Å². The molecule has 0 N–H and O–H groups in total. The van der Waals surface area contributed by atoms with Crippen LogP contribution in [0.15, 0.2) is 170 Å². The van der Waals surface area contributed by atoms with Crippen LogP contribution in [0, 0.1) is 0 Å². The Morgan fingerprint density at radius 1 is 0.306 bits per heavy atom. The second-order valence-electron chi connectivity index (χ2n) is 14.1. The van der Waals surface area contributed by atoms with Crippen LogP contribution in [0.1, 0.15) is 0 Å². The van der Waals surface area contributed by atoms with Crippen molar-refractivity contribution in [3.05, 3.63) is 170 Å². The number of hydrogen-bond acceptors (Lipinski definition) is 0. The van der Waals surface area contributed by atoms with E-state index in [1.54, 1.807) is 0 Å². The van der Waals surface area contributed by atoms with Gasteiger partial charge in [0.2, 0.25) is 0 Å². The molecule has 10 rings (SSSR count). The van der Waals surface area contributed by atoms with E-state index < -0.39 is 8.07 Å². The highest BCUT2D eigenvalue weighted by molar-refractivity contribution is 7.04. The lowest BCUT2D eigenvalue weighted by molar-refractivity contribution is 1.64. The standard InChI is InChI=1S/C48H34Si/c1-49(2)45-22-11-10-20-38(45)41-29-43-44(30-46(41)49)48(39-21-12-18-33-16-8-9-19-37(33)39)42-28-35(31-13-4-3-5-14-31)25-26-40(42)47(43)36-24-23-32-15-6-7-17-34(32)27-36/h3-30H,1-2H3. The Labute approximate surface area is 287 Å². The Morgan fingerprint density at radius 3 is 1.84 bits per heavy atom. The molecule has 0 amide bonds. The van der Waals surface area contributed by atoms with Crippen LogP contribution in [-0.2, 0) is 0 Å². The molecule has 0 aliphatic carbocycles. The summed E-state index contributed by atoms with van der Waals surface area (Å²) in [5.41, 5.74) is 10.5. The second kappa shape index (κ2) is 10.6. The van der Waals surface area contributed by atoms with Crippen molar-refractivity contribution in [3.8, 4) is 44.5 Å². The van der Waals surface area contributed by atoms with Gasteiger partial charge in [0, 0.05) is 0 Å². The predicted octanol–water partition coefficient (Wildman–Crippen LogP) is 12.1. The van der Waals surface area contributed by atoms with E-state index in [1.165, 1.54) is 98.0 Å². The van der Waals surface area contributed by atoms with Crippen LogP contribution < -0.4 is 10.4 Å². The molecule has 9 aromatic carbocycles. The summed E-state index contributed by atoms with van der Waals surface area (Å²) in [5, 5.41) is 13.4. The maximum absolute atomic E-state index is 2.60. The molecule has 49 heavy (non-hydrogen) atoms. The number of benzene rings is 9. The molecule has 0 spiro atoms. The van der Waals surface area contributed by atoms with Gasteiger partial charge in [0.05, 0.1) is 0 Å². The monoisotopic (exact) mass is 638 g/mol. The van der Waals surface area contributed by atoms with Gasteiger partial charge in [-0.15, -0.1) is 0 Å². The first-order chi connectivity index (χ1) is 24.1. The third-order valence-corrected chi connectivity index (χ3v) is 14.6. The highest BCUT2D eigenvalue weighted by Gasteiger charge is 2.38. The fourth-order valence-electron chi connectivity index (χ4n) is 8.62. The summed E-state index contributed by atoms with van der Waals surface area (Å²) >= 11 is 0. The van der Waals surface area contributed by atoms with Crippen molar-refractivity contribution >= 4 is 61.5 Å². The number of fused-ring (bicyclic) bond motifs is 7. The Hall–Kier alpha value is -5.76. The van der Waals surface area contributed by atoms with E-state index in [4.69, 9.17) is 0 Å². The molecular formula is C48H34Si. The summed E-state index contributed by atoms with van der Waals surface area (Å²) in [5.74, 6) is 0. The molecule has 0 nitrogen and oxygen atoms in total. The van der Waals surface area contributed by atoms with Gasteiger partial charge in [-0.05, 0) is 116 Å². The molecule has 9 aromatic rings. The Balaban J connectivity index is 1.43. The maximum atomic E-state index is 2.60. The van der Waals surface area contributed by atoms with Gasteiger partial charge in [0.1, 0.15) is 8.07 Å². The van der Waals surface area contributed by atoms with Crippen molar-refractivity contribution in [2.24, 2.45) is 0 Å². The molecule has 1 aliphatic rings. The average Bonchev–Trinajstić information content (AvgIpc) is 3.38. The zero-order valence-corrected chi connectivity index (χ0v) is 28.7. The SMILES string of the molecule is C[Si]1(C)c2ccccc2-c2cc3c(-c4ccc5ccccc5c4)c4ccc(-c5ccccc5)cc4c(-c4cccc5ccccc45)c3cc21. The smallest absolute Gasteiger partial charge is 0.0623 e. The predicted molar refractivity (Wildman–Crippen MR) is 215 cm³/mol. The Kier molecular flexibility index (Phi) is 6.13. The van der Waals surface area contributed by atoms with Crippen molar-refractivity contribution in [3.63, 3.8) is 0 Å². The molecule has 1 heteroatoms. The quantitative estimate of drug-likeness (QED) is 0.133. The van der Waals surface area contributed by atoms with Gasteiger partial charge in [-0.3, -0.25) is 0 Å². The molecule has 0 fully saturated rings. The maximum Gasteiger partial charge on any atom is 0.113 e. The molecule has 0 unspecified atom stereocenters. The third kappa shape index (κ3) is 4.22. The summed E-state index contributed by atoms with van der Waals surface area (Å²) in [6.45, 7) is 5.06. The normalized spacial score (nSPS) is 13.3. The lowest BCUT2D eigenvalue weighted by atomic mass is 9.82. The van der Waals surface area contributed by atoms with Gasteiger partial charge in [0.15, 0.2) is 0 Å². The first kappa shape index (κ1) is 28.3. The number of rotatable bonds is 3. The minimum Gasteiger partial charge on any atom is -0.0623 e. The summed E-state index contributed by atoms with van der Waals surface area (Å²) in [7, 11) is -1.94. The van der Waals surface area contributed by atoms with Crippen molar-refractivity contribution in [2.75, 3.05) is 0 Å². The third-order valence-electron chi connectivity index (χ3n) is 11.0. The topological polar surface area (TPSA) is 0 Å². The van der Waals surface area contributed by atoms with E-state index in [1.807, 2.05) is 0 Å². The van der Waals surface area contributed by atoms with Crippen LogP contribution in [-0.4, -0.2) is 8.07 Å². The number of hydrogen-bond donors (Lipinski definition) is 0. The zero-order chi connectivity index (χ0) is 32.7. The van der Waals surface area contributed by atoms with Crippen molar-refractivity contribution in [2.45, 2.75) is 13.1 Å². The highest BCUT2D eigenvalue weighted by atomic mass is 28.3. The zero-order valence-electron chi connectivity index (χ0n) is 27.7. The molecular weight excluding hydrogens is 605 g/mol. The van der Waals surface area contributed by atoms with Crippen LogP contribution >= 0.6 is 0 Å². The van der Waals surface area contributed by atoms with E-state index in [9.17, 15) is 0 Å². The van der Waals surface area contributed by atoms with Gasteiger partial charge >= 0.3 is 0 Å². The summed E-state index contributed by atoms with van der Waals surface area (Å²) in [4.78, 5) is 0. The van der Waals surface area contributed by atoms with E-state index in [-0.39, 0.29) is 0 Å². The molecule has 0 radical (unpaired) electrons. The highest BCUT2D eigenvalue weighted by Crippen LogP contribution is 2.48. The van der Waals surface area contributed by atoms with Gasteiger partial charge in [-0.2, -0.15) is 0 Å². The molecule has 0 aromatic heterocycles. The molecule has 230 valence electrons. The summed E-state index contributed by atoms with van der Waals surface area (Å²) < 4.78 is 0. The van der Waals surface area contributed by atoms with Crippen LogP contribution in [0.4, 0.5) is 0 Å². The minimum atomic E-state index is -1.94. The van der Waals surface area contributed by atoms with Gasteiger partial charge in [-0.1, -0.05) is 165 Å². The van der Waals surface area contributed by atoms with Crippen LogP contribution in [0.2, 0.25) is 13.1 Å². The van der Waals surface area contributed by atoms with Gasteiger partial charge < -0.3 is 0 Å². The van der Waals surface area contributed by atoms with Crippen LogP contribution in [0.5, 0.6) is 0 Å². The van der Waals surface area contributed by atoms with Crippen LogP contribution in [0.25, 0.3) is 87.6 Å². The lowest BCUT2D eigenvalue weighted by Crippen LogP contribution is -2.49. The first-order valence-corrected chi connectivity index (χ1v) is 20.3. The molecule has 1 heterocycles. The minimum absolute atomic E-state index is 1.23. The second-order valence-corrected chi connectivity index (χ2v) is 18.4. The lowest BCUT2D eigenvalue weighted by Gasteiger charge is -2.23. The van der Waals surface area contributed by atoms with Crippen molar-refractivity contribution in [1.29, 1.82) is 0 Å². The Morgan fingerprint density at radius 2 is 0.959 bits per heavy atom. The largest absolute Gasteiger partial charge is 0.113 e. The molecule has 0 saturated carbocycles. The fourth-order valence-corrected chi connectivity index (χ4v) is 11.7. The molecule has 1 aliphatic heterocycles. The van der Waals surface area contributed by atoms with E-state index >= 15 is 0 Å². The Bertz CT molecular complexity index is 2780. The summed E-state index contributed by atoms with van der Waals surface area (Å²) in [6, 6.07) is 63.7. The van der Waals surface area contributed by atoms with E-state index in [2.05, 4.69) is 183 Å². The van der Waals surface area contributed by atoms with Crippen molar-refractivity contribution in [1.82, 2.24) is 0 Å². The van der Waals surface area contributed by atoms with Gasteiger partial charge in [-0.25, -0.2) is 0 Å². The fraction of sp³-hybridized carbons (Fsp3) is 0.0417. The molecule has 0 bridgehead atoms. The van der Waals surface area contributed by atoms with E-state index in [0.717, 1.165) is 0 Å².